The third-order valence-corrected chi connectivity index (χ3v) is 4.94. The molecule has 0 spiro atoms. The van der Waals surface area contributed by atoms with Crippen LogP contribution < -0.4 is 0 Å². The van der Waals surface area contributed by atoms with Crippen molar-refractivity contribution in [2.75, 3.05) is 0 Å². The summed E-state index contributed by atoms with van der Waals surface area (Å²) < 4.78 is 6.90. The van der Waals surface area contributed by atoms with E-state index < -0.39 is 0 Å². The van der Waals surface area contributed by atoms with Gasteiger partial charge in [0.05, 0.1) is 23.8 Å². The summed E-state index contributed by atoms with van der Waals surface area (Å²) in [5.41, 5.74) is 3.30. The van der Waals surface area contributed by atoms with Crippen molar-refractivity contribution in [2.45, 2.75) is 20.1 Å². The lowest BCUT2D eigenvalue weighted by Crippen LogP contribution is -1.93. The molecule has 3 rings (SSSR count). The molecular formula is C17H15BrN2OS. The summed E-state index contributed by atoms with van der Waals surface area (Å²) in [6.45, 7) is 3.22. The monoisotopic (exact) mass is 374 g/mol. The summed E-state index contributed by atoms with van der Waals surface area (Å²) in [6.07, 6.45) is 3.57. The van der Waals surface area contributed by atoms with Gasteiger partial charge in [-0.1, -0.05) is 28.1 Å². The van der Waals surface area contributed by atoms with Crippen LogP contribution in [0.4, 0.5) is 0 Å². The molecule has 0 amide bonds. The predicted molar refractivity (Wildman–Crippen MR) is 92.7 cm³/mol. The second kappa shape index (κ2) is 7.13. The average molecular weight is 375 g/mol. The van der Waals surface area contributed by atoms with E-state index in [9.17, 15) is 0 Å². The first kappa shape index (κ1) is 15.3. The van der Waals surface area contributed by atoms with Crippen LogP contribution in [0.15, 0.2) is 53.3 Å². The van der Waals surface area contributed by atoms with Gasteiger partial charge in [0.1, 0.15) is 5.01 Å². The number of benzene rings is 1. The zero-order chi connectivity index (χ0) is 15.4. The van der Waals surface area contributed by atoms with Crippen LogP contribution in [0.5, 0.6) is 0 Å². The Morgan fingerprint density at radius 1 is 1.05 bits per heavy atom. The van der Waals surface area contributed by atoms with E-state index in [0.29, 0.717) is 13.2 Å². The van der Waals surface area contributed by atoms with Crippen molar-refractivity contribution in [2.24, 2.45) is 0 Å². The summed E-state index contributed by atoms with van der Waals surface area (Å²) in [5, 5.41) is 1.02. The van der Waals surface area contributed by atoms with E-state index in [1.807, 2.05) is 31.2 Å². The first-order valence-corrected chi connectivity index (χ1v) is 8.52. The molecule has 112 valence electrons. The van der Waals surface area contributed by atoms with Crippen molar-refractivity contribution in [1.29, 1.82) is 0 Å². The molecule has 0 aliphatic heterocycles. The topological polar surface area (TPSA) is 35.0 Å². The number of halogens is 1. The Bertz CT molecular complexity index is 741. The smallest absolute Gasteiger partial charge is 0.124 e. The van der Waals surface area contributed by atoms with Crippen LogP contribution in [0.1, 0.15) is 16.1 Å². The fraction of sp³-hybridized carbons (Fsp3) is 0.176. The van der Waals surface area contributed by atoms with Crippen LogP contribution in [-0.4, -0.2) is 9.97 Å². The number of hydrogen-bond acceptors (Lipinski definition) is 4. The molecule has 0 N–H and O–H groups in total. The zero-order valence-corrected chi connectivity index (χ0v) is 14.5. The third-order valence-electron chi connectivity index (χ3n) is 3.24. The minimum atomic E-state index is 0.588. The van der Waals surface area contributed by atoms with Gasteiger partial charge in [0.25, 0.3) is 0 Å². The Morgan fingerprint density at radius 2 is 1.77 bits per heavy atom. The average Bonchev–Trinajstić information content (AvgIpc) is 2.91. The maximum Gasteiger partial charge on any atom is 0.124 e. The van der Waals surface area contributed by atoms with E-state index in [4.69, 9.17) is 4.74 Å². The highest BCUT2D eigenvalue weighted by Gasteiger charge is 2.09. The molecule has 2 heterocycles. The summed E-state index contributed by atoms with van der Waals surface area (Å²) in [4.78, 5) is 9.83. The minimum absolute atomic E-state index is 0.588. The van der Waals surface area contributed by atoms with Crippen molar-refractivity contribution in [3.63, 3.8) is 0 Å². The molecule has 0 saturated heterocycles. The van der Waals surface area contributed by atoms with Crippen LogP contribution in [0, 0.1) is 6.92 Å². The number of ether oxygens (including phenoxy) is 1. The molecule has 0 bridgehead atoms. The van der Waals surface area contributed by atoms with Gasteiger partial charge in [-0.15, -0.1) is 11.3 Å². The van der Waals surface area contributed by atoms with Gasteiger partial charge in [0.2, 0.25) is 0 Å². The first-order valence-electron chi connectivity index (χ1n) is 6.91. The van der Waals surface area contributed by atoms with Gasteiger partial charge in [-0.25, -0.2) is 4.98 Å². The molecule has 0 saturated carbocycles. The second-order valence-corrected chi connectivity index (χ2v) is 6.88. The van der Waals surface area contributed by atoms with Gasteiger partial charge in [-0.05, 0) is 36.8 Å². The van der Waals surface area contributed by atoms with E-state index in [0.717, 1.165) is 20.7 Å². The summed E-state index contributed by atoms with van der Waals surface area (Å²) in [6, 6.07) is 12.1. The highest BCUT2D eigenvalue weighted by molar-refractivity contribution is 9.10. The number of pyridine rings is 1. The van der Waals surface area contributed by atoms with E-state index in [1.54, 1.807) is 23.7 Å². The Balaban J connectivity index is 1.63. The number of rotatable bonds is 5. The molecule has 3 aromatic rings. The molecular weight excluding hydrogens is 360 g/mol. The van der Waals surface area contributed by atoms with Gasteiger partial charge < -0.3 is 4.74 Å². The second-order valence-electron chi connectivity index (χ2n) is 4.88. The van der Waals surface area contributed by atoms with Crippen molar-refractivity contribution in [3.05, 3.63) is 69.4 Å². The van der Waals surface area contributed by atoms with Gasteiger partial charge in [-0.2, -0.15) is 0 Å². The van der Waals surface area contributed by atoms with E-state index in [2.05, 4.69) is 38.0 Å². The SMILES string of the molecule is Cc1nc(-c2ccncc2)sc1COCc1ccc(Br)cc1. The molecule has 0 radical (unpaired) electrons. The normalized spacial score (nSPS) is 10.8. The lowest BCUT2D eigenvalue weighted by atomic mass is 10.2. The van der Waals surface area contributed by atoms with E-state index in [1.165, 1.54) is 10.4 Å². The Hall–Kier alpha value is -1.56. The number of thiazole rings is 1. The summed E-state index contributed by atoms with van der Waals surface area (Å²) >= 11 is 5.11. The number of hydrogen-bond donors (Lipinski definition) is 0. The summed E-state index contributed by atoms with van der Waals surface area (Å²) in [7, 11) is 0. The van der Waals surface area contributed by atoms with E-state index >= 15 is 0 Å². The van der Waals surface area contributed by atoms with Crippen molar-refractivity contribution in [1.82, 2.24) is 9.97 Å². The highest BCUT2D eigenvalue weighted by atomic mass is 79.9. The first-order chi connectivity index (χ1) is 10.7. The van der Waals surface area contributed by atoms with Crippen LogP contribution in [0.3, 0.4) is 0 Å². The molecule has 2 aromatic heterocycles. The number of aryl methyl sites for hydroxylation is 1. The minimum Gasteiger partial charge on any atom is -0.371 e. The molecule has 5 heteroatoms. The van der Waals surface area contributed by atoms with Gasteiger partial charge in [0, 0.05) is 22.4 Å². The largest absolute Gasteiger partial charge is 0.371 e. The van der Waals surface area contributed by atoms with Crippen LogP contribution in [0.2, 0.25) is 0 Å². The predicted octanol–water partition coefficient (Wildman–Crippen LogP) is 4.99. The molecule has 0 fully saturated rings. The van der Waals surface area contributed by atoms with Crippen molar-refractivity contribution in [3.8, 4) is 10.6 Å². The number of nitrogens with zero attached hydrogens (tertiary/aromatic N) is 2. The molecule has 0 aliphatic rings. The van der Waals surface area contributed by atoms with Crippen LogP contribution in [0.25, 0.3) is 10.6 Å². The molecule has 1 aromatic carbocycles. The Labute approximate surface area is 142 Å². The highest BCUT2D eigenvalue weighted by Crippen LogP contribution is 2.28. The van der Waals surface area contributed by atoms with Crippen LogP contribution >= 0.6 is 27.3 Å². The third kappa shape index (κ3) is 3.80. The lowest BCUT2D eigenvalue weighted by Gasteiger charge is -2.03. The molecule has 3 nitrogen and oxygen atoms in total. The van der Waals surface area contributed by atoms with E-state index in [-0.39, 0.29) is 0 Å². The fourth-order valence-electron chi connectivity index (χ4n) is 2.02. The Kier molecular flexibility index (Phi) is 4.97. The summed E-state index contributed by atoms with van der Waals surface area (Å²) in [5.74, 6) is 0. The number of aromatic nitrogens is 2. The standard InChI is InChI=1S/C17H15BrN2OS/c1-12-16(11-21-10-13-2-4-15(18)5-3-13)22-17(20-12)14-6-8-19-9-7-14/h2-9H,10-11H2,1H3. The fourth-order valence-corrected chi connectivity index (χ4v) is 3.29. The van der Waals surface area contributed by atoms with Crippen molar-refractivity contribution >= 4 is 27.3 Å². The van der Waals surface area contributed by atoms with Gasteiger partial charge >= 0.3 is 0 Å². The Morgan fingerprint density at radius 3 is 2.50 bits per heavy atom. The molecule has 0 aliphatic carbocycles. The van der Waals surface area contributed by atoms with Crippen molar-refractivity contribution < 1.29 is 4.74 Å². The van der Waals surface area contributed by atoms with Crippen LogP contribution in [-0.2, 0) is 18.0 Å². The quantitative estimate of drug-likeness (QED) is 0.630. The maximum atomic E-state index is 5.82. The zero-order valence-electron chi connectivity index (χ0n) is 12.1. The maximum absolute atomic E-state index is 5.82. The lowest BCUT2D eigenvalue weighted by molar-refractivity contribution is 0.109. The molecule has 0 atom stereocenters. The van der Waals surface area contributed by atoms with Gasteiger partial charge in [-0.3, -0.25) is 4.98 Å². The molecule has 0 unspecified atom stereocenters. The molecule has 22 heavy (non-hydrogen) atoms. The van der Waals surface area contributed by atoms with Gasteiger partial charge in [0.15, 0.2) is 0 Å².